The predicted molar refractivity (Wildman–Crippen MR) is 119 cm³/mol. The average Bonchev–Trinajstić information content (AvgIpc) is 3.29. The van der Waals surface area contributed by atoms with Gasteiger partial charge in [0.05, 0.1) is 11.6 Å². The van der Waals surface area contributed by atoms with E-state index in [2.05, 4.69) is 67.1 Å². The number of para-hydroxylation sites is 1. The lowest BCUT2D eigenvalue weighted by atomic mass is 9.48. The number of allylic oxidation sites excluding steroid dienone is 3. The molecule has 6 rings (SSSR count). The van der Waals surface area contributed by atoms with Crippen molar-refractivity contribution >= 4 is 16.6 Å². The molecule has 6 atom stereocenters. The van der Waals surface area contributed by atoms with Crippen molar-refractivity contribution in [3.63, 3.8) is 0 Å². The molecule has 29 heavy (non-hydrogen) atoms. The van der Waals surface area contributed by atoms with Gasteiger partial charge in [0, 0.05) is 17.3 Å². The molecule has 0 radical (unpaired) electrons. The van der Waals surface area contributed by atoms with Crippen molar-refractivity contribution < 1.29 is 5.11 Å². The molecule has 152 valence electrons. The van der Waals surface area contributed by atoms with E-state index in [4.69, 9.17) is 0 Å². The topological polar surface area (TPSA) is 25.2 Å². The van der Waals surface area contributed by atoms with Gasteiger partial charge in [-0.2, -0.15) is 0 Å². The van der Waals surface area contributed by atoms with Crippen LogP contribution < -0.4 is 0 Å². The Morgan fingerprint density at radius 3 is 2.66 bits per heavy atom. The Kier molecular flexibility index (Phi) is 3.79. The Hall–Kier alpha value is -1.80. The Morgan fingerprint density at radius 2 is 1.76 bits per heavy atom. The molecule has 1 heterocycles. The number of aliphatic hydroxyl groups excluding tert-OH is 1. The van der Waals surface area contributed by atoms with Gasteiger partial charge in [-0.25, -0.2) is 0 Å². The SMILES string of the molecule is C[C@]12CCC(O)CC1=CC[C@@H]1[C@@H]2CC[C@]2(C)C(n3ccc4ccccc43)=CC[C@@H]12. The van der Waals surface area contributed by atoms with Crippen LogP contribution in [0.4, 0.5) is 0 Å². The maximum absolute atomic E-state index is 10.2. The maximum atomic E-state index is 10.2. The fraction of sp³-hybridized carbons (Fsp3) is 0.556. The van der Waals surface area contributed by atoms with E-state index in [0.717, 1.165) is 30.6 Å². The normalized spacial score (nSPS) is 41.3. The molecule has 2 fully saturated rings. The lowest BCUT2D eigenvalue weighted by Crippen LogP contribution is -2.50. The molecule has 4 aliphatic rings. The number of aromatic nitrogens is 1. The van der Waals surface area contributed by atoms with Crippen LogP contribution >= 0.6 is 0 Å². The highest BCUT2D eigenvalue weighted by molar-refractivity contribution is 5.84. The second-order valence-electron chi connectivity index (χ2n) is 10.7. The number of nitrogens with zero attached hydrogens (tertiary/aromatic N) is 1. The van der Waals surface area contributed by atoms with Crippen LogP contribution in [0.1, 0.15) is 58.8 Å². The molecule has 0 bridgehead atoms. The molecule has 4 aliphatic carbocycles. The van der Waals surface area contributed by atoms with Crippen LogP contribution in [0.3, 0.4) is 0 Å². The van der Waals surface area contributed by atoms with Gasteiger partial charge in [0.25, 0.3) is 0 Å². The van der Waals surface area contributed by atoms with E-state index in [-0.39, 0.29) is 11.5 Å². The van der Waals surface area contributed by atoms with E-state index in [1.54, 1.807) is 11.3 Å². The lowest BCUT2D eigenvalue weighted by molar-refractivity contribution is -0.0248. The van der Waals surface area contributed by atoms with Crippen LogP contribution in [0.25, 0.3) is 16.6 Å². The zero-order valence-electron chi connectivity index (χ0n) is 17.8. The lowest BCUT2D eigenvalue weighted by Gasteiger charge is -2.57. The molecule has 1 aromatic heterocycles. The highest BCUT2D eigenvalue weighted by atomic mass is 16.3. The van der Waals surface area contributed by atoms with Gasteiger partial charge in [-0.15, -0.1) is 0 Å². The summed E-state index contributed by atoms with van der Waals surface area (Å²) in [6.45, 7) is 5.07. The number of hydrogen-bond donors (Lipinski definition) is 1. The van der Waals surface area contributed by atoms with Crippen molar-refractivity contribution in [2.24, 2.45) is 28.6 Å². The summed E-state index contributed by atoms with van der Waals surface area (Å²) in [6.07, 6.45) is 15.4. The summed E-state index contributed by atoms with van der Waals surface area (Å²) >= 11 is 0. The highest BCUT2D eigenvalue weighted by Gasteiger charge is 2.57. The minimum absolute atomic E-state index is 0.110. The van der Waals surface area contributed by atoms with E-state index in [1.165, 1.54) is 43.0 Å². The summed E-state index contributed by atoms with van der Waals surface area (Å²) in [6, 6.07) is 11.1. The summed E-state index contributed by atoms with van der Waals surface area (Å²) in [5, 5.41) is 11.6. The minimum Gasteiger partial charge on any atom is -0.393 e. The van der Waals surface area contributed by atoms with Crippen molar-refractivity contribution in [1.82, 2.24) is 4.57 Å². The van der Waals surface area contributed by atoms with Crippen molar-refractivity contribution in [3.8, 4) is 0 Å². The van der Waals surface area contributed by atoms with E-state index in [9.17, 15) is 5.11 Å². The molecule has 1 aromatic carbocycles. The van der Waals surface area contributed by atoms with Gasteiger partial charge in [0.15, 0.2) is 0 Å². The molecule has 0 saturated heterocycles. The van der Waals surface area contributed by atoms with Crippen LogP contribution in [0.15, 0.2) is 54.3 Å². The summed E-state index contributed by atoms with van der Waals surface area (Å²) in [4.78, 5) is 0. The quantitative estimate of drug-likeness (QED) is 0.562. The molecule has 0 spiro atoms. The maximum Gasteiger partial charge on any atom is 0.0577 e. The molecule has 2 heteroatoms. The second kappa shape index (κ2) is 6.11. The van der Waals surface area contributed by atoms with Crippen LogP contribution in [-0.4, -0.2) is 15.8 Å². The molecular formula is C27H33NO. The fourth-order valence-electron chi connectivity index (χ4n) is 7.85. The van der Waals surface area contributed by atoms with Gasteiger partial charge < -0.3 is 9.67 Å². The third-order valence-corrected chi connectivity index (χ3v) is 9.48. The zero-order valence-corrected chi connectivity index (χ0v) is 17.8. The number of aliphatic hydroxyl groups is 1. The molecule has 1 unspecified atom stereocenters. The van der Waals surface area contributed by atoms with Gasteiger partial charge in [-0.1, -0.05) is 49.8 Å². The van der Waals surface area contributed by atoms with Crippen LogP contribution in [0.2, 0.25) is 0 Å². The van der Waals surface area contributed by atoms with Crippen LogP contribution in [-0.2, 0) is 0 Å². The van der Waals surface area contributed by atoms with Crippen molar-refractivity contribution in [2.45, 2.75) is 64.9 Å². The molecule has 2 nitrogen and oxygen atoms in total. The molecule has 0 amide bonds. The minimum atomic E-state index is -0.110. The van der Waals surface area contributed by atoms with E-state index in [1.807, 2.05) is 0 Å². The summed E-state index contributed by atoms with van der Waals surface area (Å²) < 4.78 is 2.48. The Labute approximate surface area is 174 Å². The van der Waals surface area contributed by atoms with Gasteiger partial charge in [-0.3, -0.25) is 0 Å². The summed E-state index contributed by atoms with van der Waals surface area (Å²) in [5.41, 5.74) is 5.07. The first-order chi connectivity index (χ1) is 14.0. The summed E-state index contributed by atoms with van der Waals surface area (Å²) in [5.74, 6) is 2.33. The van der Waals surface area contributed by atoms with E-state index < -0.39 is 0 Å². The van der Waals surface area contributed by atoms with Crippen molar-refractivity contribution in [1.29, 1.82) is 0 Å². The third kappa shape index (κ3) is 2.39. The van der Waals surface area contributed by atoms with Gasteiger partial charge in [0.2, 0.25) is 0 Å². The Morgan fingerprint density at radius 1 is 0.931 bits per heavy atom. The van der Waals surface area contributed by atoms with Gasteiger partial charge >= 0.3 is 0 Å². The predicted octanol–water partition coefficient (Wildman–Crippen LogP) is 6.42. The monoisotopic (exact) mass is 387 g/mol. The first-order valence-corrected chi connectivity index (χ1v) is 11.7. The number of fused-ring (bicyclic) bond motifs is 6. The molecule has 0 aliphatic heterocycles. The van der Waals surface area contributed by atoms with E-state index in [0.29, 0.717) is 5.41 Å². The molecular weight excluding hydrogens is 354 g/mol. The molecule has 1 N–H and O–H groups in total. The van der Waals surface area contributed by atoms with Crippen molar-refractivity contribution in [3.05, 3.63) is 54.3 Å². The number of rotatable bonds is 1. The first-order valence-electron chi connectivity index (χ1n) is 11.7. The average molecular weight is 388 g/mol. The second-order valence-corrected chi connectivity index (χ2v) is 10.7. The fourth-order valence-corrected chi connectivity index (χ4v) is 7.85. The third-order valence-electron chi connectivity index (χ3n) is 9.48. The zero-order chi connectivity index (χ0) is 19.8. The Balaban J connectivity index is 1.36. The van der Waals surface area contributed by atoms with Gasteiger partial charge in [-0.05, 0) is 85.6 Å². The first kappa shape index (κ1) is 18.0. The van der Waals surface area contributed by atoms with E-state index >= 15 is 0 Å². The molecule has 2 saturated carbocycles. The highest BCUT2D eigenvalue weighted by Crippen LogP contribution is 2.65. The smallest absolute Gasteiger partial charge is 0.0577 e. The van der Waals surface area contributed by atoms with Gasteiger partial charge in [0.1, 0.15) is 0 Å². The van der Waals surface area contributed by atoms with Crippen LogP contribution in [0.5, 0.6) is 0 Å². The largest absolute Gasteiger partial charge is 0.393 e. The number of benzene rings is 1. The van der Waals surface area contributed by atoms with Crippen LogP contribution in [0, 0.1) is 28.6 Å². The van der Waals surface area contributed by atoms with Crippen molar-refractivity contribution in [2.75, 3.05) is 0 Å². The molecule has 2 aromatic rings. The summed E-state index contributed by atoms with van der Waals surface area (Å²) in [7, 11) is 0. The standard InChI is InChI=1S/C27H33NO/c1-26-14-11-20(29)17-19(26)7-8-21-22-9-10-25(27(22,2)15-12-23(21)26)28-16-13-18-5-3-4-6-24(18)28/h3-7,10,13,16,20-23,29H,8-9,11-12,14-15,17H2,1-2H3/t20?,21-,22-,23-,26-,27-/m0/s1. The Bertz CT molecular complexity index is 1030. The number of hydrogen-bond acceptors (Lipinski definition) is 1.